The van der Waals surface area contributed by atoms with Crippen molar-refractivity contribution in [3.63, 3.8) is 0 Å². The first-order valence-corrected chi connectivity index (χ1v) is 8.66. The van der Waals surface area contributed by atoms with Crippen molar-refractivity contribution in [1.29, 1.82) is 0 Å². The third kappa shape index (κ3) is 2.61. The zero-order valence-electron chi connectivity index (χ0n) is 11.2. The summed E-state index contributed by atoms with van der Waals surface area (Å²) < 4.78 is 28.4. The van der Waals surface area contributed by atoms with E-state index in [0.29, 0.717) is 9.98 Å². The Hall–Kier alpha value is -1.64. The van der Waals surface area contributed by atoms with E-state index in [9.17, 15) is 8.42 Å². The summed E-state index contributed by atoms with van der Waals surface area (Å²) in [4.78, 5) is 6.03. The van der Waals surface area contributed by atoms with Crippen molar-refractivity contribution >= 4 is 43.9 Å². The van der Waals surface area contributed by atoms with Crippen molar-refractivity contribution in [3.05, 3.63) is 39.9 Å². The molecule has 0 aliphatic heterocycles. The zero-order valence-corrected chi connectivity index (χ0v) is 13.6. The second kappa shape index (κ2) is 4.97. The molecule has 0 radical (unpaired) electrons. The summed E-state index contributed by atoms with van der Waals surface area (Å²) in [6.07, 6.45) is 0. The van der Waals surface area contributed by atoms with Gasteiger partial charge >= 0.3 is 0 Å². The van der Waals surface area contributed by atoms with Gasteiger partial charge in [-0.25, -0.2) is 17.7 Å². The molecule has 0 saturated heterocycles. The van der Waals surface area contributed by atoms with Gasteiger partial charge in [-0.1, -0.05) is 22.9 Å². The van der Waals surface area contributed by atoms with Gasteiger partial charge in [0.1, 0.15) is 0 Å². The number of rotatable bonds is 3. The summed E-state index contributed by atoms with van der Waals surface area (Å²) in [5, 5.41) is 4.63. The van der Waals surface area contributed by atoms with Gasteiger partial charge in [0.05, 0.1) is 10.6 Å². The van der Waals surface area contributed by atoms with Crippen molar-refractivity contribution in [2.45, 2.75) is 18.7 Å². The predicted molar refractivity (Wildman–Crippen MR) is 82.6 cm³/mol. The highest BCUT2D eigenvalue weighted by Crippen LogP contribution is 2.22. The lowest BCUT2D eigenvalue weighted by Crippen LogP contribution is -2.14. The number of nitrogens with zero attached hydrogens (tertiary/aromatic N) is 3. The molecular formula is C12H11ClN4O2S2. The fourth-order valence-electron chi connectivity index (χ4n) is 1.78. The second-order valence-electron chi connectivity index (χ2n) is 4.43. The highest BCUT2D eigenvalue weighted by Gasteiger charge is 2.18. The third-order valence-corrected chi connectivity index (χ3v) is 5.64. The smallest absolute Gasteiger partial charge is 0.246 e. The number of aromatic nitrogens is 3. The average Bonchev–Trinajstić information content (AvgIpc) is 2.90. The number of fused-ring (bicyclic) bond motifs is 1. The number of sulfonamides is 1. The lowest BCUT2D eigenvalue weighted by molar-refractivity contribution is 0.601. The lowest BCUT2D eigenvalue weighted by Gasteiger charge is -2.04. The van der Waals surface area contributed by atoms with Crippen LogP contribution in [0.5, 0.6) is 0 Å². The molecule has 110 valence electrons. The van der Waals surface area contributed by atoms with Crippen LogP contribution >= 0.6 is 22.9 Å². The van der Waals surface area contributed by atoms with Crippen LogP contribution in [0.15, 0.2) is 29.2 Å². The minimum Gasteiger partial charge on any atom is -0.246 e. The number of benzene rings is 1. The Morgan fingerprint density at radius 1 is 1.24 bits per heavy atom. The van der Waals surface area contributed by atoms with Gasteiger partial charge in [0.15, 0.2) is 0 Å². The highest BCUT2D eigenvalue weighted by atomic mass is 35.5. The number of nitrogens with one attached hydrogen (secondary N) is 1. The summed E-state index contributed by atoms with van der Waals surface area (Å²) in [5.74, 6) is 0.0549. The molecule has 0 saturated carbocycles. The Kier molecular flexibility index (Phi) is 3.39. The maximum Gasteiger partial charge on any atom is 0.264 e. The first kappa shape index (κ1) is 14.3. The van der Waals surface area contributed by atoms with Crippen LogP contribution in [-0.4, -0.2) is 23.0 Å². The van der Waals surface area contributed by atoms with Crippen LogP contribution in [-0.2, 0) is 10.0 Å². The maximum absolute atomic E-state index is 12.2. The normalized spacial score (nSPS) is 12.0. The first-order valence-electron chi connectivity index (χ1n) is 5.98. The minimum atomic E-state index is -3.72. The molecule has 0 amide bonds. The topological polar surface area (TPSA) is 76.4 Å². The van der Waals surface area contributed by atoms with E-state index < -0.39 is 10.0 Å². The van der Waals surface area contributed by atoms with E-state index >= 15 is 0 Å². The summed E-state index contributed by atoms with van der Waals surface area (Å²) >= 11 is 7.21. The van der Waals surface area contributed by atoms with Crippen LogP contribution in [0.1, 0.15) is 10.6 Å². The monoisotopic (exact) mass is 342 g/mol. The summed E-state index contributed by atoms with van der Waals surface area (Å²) in [6.45, 7) is 3.87. The fourth-order valence-corrected chi connectivity index (χ4v) is 3.75. The third-order valence-electron chi connectivity index (χ3n) is 3.00. The number of halogens is 1. The van der Waals surface area contributed by atoms with Crippen LogP contribution in [0.4, 0.5) is 5.95 Å². The van der Waals surface area contributed by atoms with Gasteiger partial charge in [0.25, 0.3) is 16.0 Å². The predicted octanol–water partition coefficient (Wildman–Crippen LogP) is 2.86. The van der Waals surface area contributed by atoms with Gasteiger partial charge in [-0.2, -0.15) is 4.98 Å². The van der Waals surface area contributed by atoms with Crippen LogP contribution in [0.3, 0.4) is 0 Å². The summed E-state index contributed by atoms with van der Waals surface area (Å²) in [5.41, 5.74) is 0.944. The molecule has 9 heteroatoms. The Balaban J connectivity index is 1.95. The van der Waals surface area contributed by atoms with E-state index in [-0.39, 0.29) is 10.8 Å². The molecule has 1 aromatic carbocycles. The molecule has 0 bridgehead atoms. The van der Waals surface area contributed by atoms with Gasteiger partial charge in [0.2, 0.25) is 4.96 Å². The second-order valence-corrected chi connectivity index (χ2v) is 7.73. The first-order chi connectivity index (χ1) is 9.87. The Bertz CT molecular complexity index is 913. The Morgan fingerprint density at radius 2 is 1.90 bits per heavy atom. The van der Waals surface area contributed by atoms with Crippen molar-refractivity contribution in [3.8, 4) is 0 Å². The van der Waals surface area contributed by atoms with Crippen LogP contribution in [0, 0.1) is 13.8 Å². The highest BCUT2D eigenvalue weighted by molar-refractivity contribution is 7.92. The van der Waals surface area contributed by atoms with E-state index in [4.69, 9.17) is 11.6 Å². The molecule has 3 aromatic rings. The molecule has 0 spiro atoms. The molecule has 2 heterocycles. The average molecular weight is 343 g/mol. The molecule has 0 fully saturated rings. The number of hydrogen-bond acceptors (Lipinski definition) is 5. The summed E-state index contributed by atoms with van der Waals surface area (Å²) in [6, 6.07) is 5.89. The molecule has 0 aliphatic rings. The molecule has 6 nitrogen and oxygen atoms in total. The van der Waals surface area contributed by atoms with Crippen molar-refractivity contribution in [2.24, 2.45) is 0 Å². The van der Waals surface area contributed by atoms with Crippen molar-refractivity contribution in [1.82, 2.24) is 14.6 Å². The van der Waals surface area contributed by atoms with E-state index in [1.807, 2.05) is 13.8 Å². The largest absolute Gasteiger partial charge is 0.264 e. The van der Waals surface area contributed by atoms with Crippen LogP contribution in [0.2, 0.25) is 5.02 Å². The number of aryl methyl sites for hydroxylation is 2. The number of thiazole rings is 1. The molecule has 2 aromatic heterocycles. The van der Waals surface area contributed by atoms with Crippen LogP contribution < -0.4 is 4.72 Å². The fraction of sp³-hybridized carbons (Fsp3) is 0.167. The zero-order chi connectivity index (χ0) is 15.2. The van der Waals surface area contributed by atoms with E-state index in [1.54, 1.807) is 4.52 Å². The van der Waals surface area contributed by atoms with Crippen molar-refractivity contribution < 1.29 is 8.42 Å². The minimum absolute atomic E-state index is 0.0549. The van der Waals surface area contributed by atoms with Gasteiger partial charge in [0, 0.05) is 9.90 Å². The molecule has 21 heavy (non-hydrogen) atoms. The standard InChI is InChI=1S/C12H11ClN4O2S2/c1-7-8(2)20-12-14-11(15-17(7)12)16-21(18,19)10-5-3-9(13)4-6-10/h3-6H,1-2H3,(H,15,16). The quantitative estimate of drug-likeness (QED) is 0.794. The molecule has 1 N–H and O–H groups in total. The SMILES string of the molecule is Cc1sc2nc(NS(=O)(=O)c3ccc(Cl)cc3)nn2c1C. The van der Waals surface area contributed by atoms with Gasteiger partial charge in [-0.15, -0.1) is 5.10 Å². The molecular weight excluding hydrogens is 332 g/mol. The van der Waals surface area contributed by atoms with E-state index in [2.05, 4.69) is 14.8 Å². The molecule has 3 rings (SSSR count). The van der Waals surface area contributed by atoms with E-state index in [0.717, 1.165) is 10.6 Å². The molecule has 0 unspecified atom stereocenters. The van der Waals surface area contributed by atoms with Gasteiger partial charge < -0.3 is 0 Å². The van der Waals surface area contributed by atoms with Crippen LogP contribution in [0.25, 0.3) is 4.96 Å². The van der Waals surface area contributed by atoms with E-state index in [1.165, 1.54) is 35.6 Å². The Labute approximate surface area is 130 Å². The molecule has 0 atom stereocenters. The number of hydrogen-bond donors (Lipinski definition) is 1. The van der Waals surface area contributed by atoms with Gasteiger partial charge in [-0.05, 0) is 38.1 Å². The molecule has 0 aliphatic carbocycles. The maximum atomic E-state index is 12.2. The lowest BCUT2D eigenvalue weighted by atomic mass is 10.4. The Morgan fingerprint density at radius 3 is 2.52 bits per heavy atom. The van der Waals surface area contributed by atoms with Gasteiger partial charge in [-0.3, -0.25) is 0 Å². The van der Waals surface area contributed by atoms with Crippen molar-refractivity contribution in [2.75, 3.05) is 4.72 Å². The summed E-state index contributed by atoms with van der Waals surface area (Å²) in [7, 11) is -3.72. The number of anilines is 1.